The summed E-state index contributed by atoms with van der Waals surface area (Å²) in [6.07, 6.45) is 0. The summed E-state index contributed by atoms with van der Waals surface area (Å²) in [5.74, 6) is -2.11. The zero-order valence-electron chi connectivity index (χ0n) is 9.93. The van der Waals surface area contributed by atoms with Crippen LogP contribution >= 0.6 is 0 Å². The lowest BCUT2D eigenvalue weighted by atomic mass is 10.1. The van der Waals surface area contributed by atoms with E-state index in [2.05, 4.69) is 5.32 Å². The van der Waals surface area contributed by atoms with Crippen molar-refractivity contribution in [2.45, 2.75) is 0 Å². The molecule has 0 saturated carbocycles. The van der Waals surface area contributed by atoms with Gasteiger partial charge in [-0.15, -0.1) is 0 Å². The molecule has 2 aromatic carbocycles. The molecule has 0 aliphatic heterocycles. The van der Waals surface area contributed by atoms with Crippen LogP contribution in [0.5, 0.6) is 0 Å². The van der Waals surface area contributed by atoms with Crippen molar-refractivity contribution in [3.8, 4) is 6.07 Å². The Morgan fingerprint density at radius 1 is 1.25 bits per heavy atom. The normalized spacial score (nSPS) is 9.85. The van der Waals surface area contributed by atoms with Gasteiger partial charge in [0.15, 0.2) is 11.6 Å². The van der Waals surface area contributed by atoms with Gasteiger partial charge < -0.3 is 5.32 Å². The van der Waals surface area contributed by atoms with Crippen molar-refractivity contribution in [2.75, 3.05) is 5.32 Å². The molecule has 0 saturated heterocycles. The van der Waals surface area contributed by atoms with E-state index in [1.54, 1.807) is 6.07 Å². The number of nitro benzene ring substituents is 1. The smallest absolute Gasteiger partial charge is 0.289 e. The molecular weight excluding hydrogens is 268 g/mol. The fourth-order valence-electron chi connectivity index (χ4n) is 1.61. The third kappa shape index (κ3) is 2.54. The van der Waals surface area contributed by atoms with Crippen molar-refractivity contribution < 1.29 is 13.7 Å². The van der Waals surface area contributed by atoms with Crippen LogP contribution in [0.3, 0.4) is 0 Å². The number of anilines is 2. The van der Waals surface area contributed by atoms with Gasteiger partial charge in [-0.1, -0.05) is 6.07 Å². The average molecular weight is 275 g/mol. The zero-order chi connectivity index (χ0) is 14.7. The van der Waals surface area contributed by atoms with Gasteiger partial charge in [0.1, 0.15) is 11.6 Å². The number of benzene rings is 2. The Morgan fingerprint density at radius 3 is 2.65 bits per heavy atom. The van der Waals surface area contributed by atoms with Crippen molar-refractivity contribution in [1.82, 2.24) is 0 Å². The first kappa shape index (κ1) is 13.4. The van der Waals surface area contributed by atoms with Crippen molar-refractivity contribution in [3.63, 3.8) is 0 Å². The van der Waals surface area contributed by atoms with E-state index in [0.29, 0.717) is 0 Å². The van der Waals surface area contributed by atoms with Crippen LogP contribution in [0.2, 0.25) is 0 Å². The lowest BCUT2D eigenvalue weighted by Crippen LogP contribution is -1.98. The number of rotatable bonds is 3. The molecule has 0 aromatic heterocycles. The van der Waals surface area contributed by atoms with E-state index in [4.69, 9.17) is 5.26 Å². The van der Waals surface area contributed by atoms with E-state index in [1.165, 1.54) is 24.3 Å². The quantitative estimate of drug-likeness (QED) is 0.687. The topological polar surface area (TPSA) is 79.0 Å². The number of nitrogens with one attached hydrogen (secondary N) is 1. The summed E-state index contributed by atoms with van der Waals surface area (Å²) in [5, 5.41) is 22.1. The van der Waals surface area contributed by atoms with Gasteiger partial charge in [-0.05, 0) is 24.3 Å². The minimum atomic E-state index is -1.08. The molecule has 0 radical (unpaired) electrons. The Bertz CT molecular complexity index is 726. The molecule has 0 heterocycles. The molecule has 0 bridgehead atoms. The summed E-state index contributed by atoms with van der Waals surface area (Å²) in [5.41, 5.74) is -0.487. The number of hydrogen-bond donors (Lipinski definition) is 1. The van der Waals surface area contributed by atoms with Crippen LogP contribution in [-0.2, 0) is 0 Å². The highest BCUT2D eigenvalue weighted by atomic mass is 19.2. The van der Waals surface area contributed by atoms with Gasteiger partial charge in [0.05, 0.1) is 10.6 Å². The number of nitrogens with zero attached hydrogens (tertiary/aromatic N) is 2. The summed E-state index contributed by atoms with van der Waals surface area (Å²) >= 11 is 0. The monoisotopic (exact) mass is 275 g/mol. The second-order valence-corrected chi connectivity index (χ2v) is 3.83. The highest BCUT2D eigenvalue weighted by Gasteiger charge is 2.15. The number of nitriles is 1. The molecule has 0 unspecified atom stereocenters. The van der Waals surface area contributed by atoms with E-state index in [0.717, 1.165) is 12.1 Å². The van der Waals surface area contributed by atoms with Crippen molar-refractivity contribution in [3.05, 3.63) is 63.7 Å². The standard InChI is InChI=1S/C13H7F2N3O2/c14-10-2-1-3-11(13(10)15)17-9-5-4-8(7-16)12(6-9)18(19)20/h1-6,17H. The van der Waals surface area contributed by atoms with Gasteiger partial charge in [-0.25, -0.2) is 8.78 Å². The molecule has 2 aromatic rings. The fraction of sp³-hybridized carbons (Fsp3) is 0. The van der Waals surface area contributed by atoms with Gasteiger partial charge in [0.2, 0.25) is 0 Å². The highest BCUT2D eigenvalue weighted by molar-refractivity contribution is 5.65. The largest absolute Gasteiger partial charge is 0.353 e. The van der Waals surface area contributed by atoms with Crippen LogP contribution in [0.15, 0.2) is 36.4 Å². The zero-order valence-corrected chi connectivity index (χ0v) is 9.93. The fourth-order valence-corrected chi connectivity index (χ4v) is 1.61. The van der Waals surface area contributed by atoms with Crippen LogP contribution < -0.4 is 5.32 Å². The van der Waals surface area contributed by atoms with Gasteiger partial charge in [-0.2, -0.15) is 5.26 Å². The first-order valence-electron chi connectivity index (χ1n) is 5.42. The van der Waals surface area contributed by atoms with Crippen molar-refractivity contribution >= 4 is 17.1 Å². The summed E-state index contributed by atoms with van der Waals surface area (Å²) in [4.78, 5) is 10.1. The van der Waals surface area contributed by atoms with Gasteiger partial charge in [-0.3, -0.25) is 10.1 Å². The molecule has 0 amide bonds. The predicted molar refractivity (Wildman–Crippen MR) is 67.5 cm³/mol. The molecule has 100 valence electrons. The lowest BCUT2D eigenvalue weighted by molar-refractivity contribution is -0.385. The summed E-state index contributed by atoms with van der Waals surface area (Å²) in [6.45, 7) is 0. The maximum Gasteiger partial charge on any atom is 0.289 e. The number of halogens is 2. The third-order valence-electron chi connectivity index (χ3n) is 2.55. The third-order valence-corrected chi connectivity index (χ3v) is 2.55. The van der Waals surface area contributed by atoms with Crippen LogP contribution in [0.25, 0.3) is 0 Å². The molecule has 0 atom stereocenters. The van der Waals surface area contributed by atoms with Crippen molar-refractivity contribution in [2.24, 2.45) is 0 Å². The number of nitro groups is 1. The Balaban J connectivity index is 2.40. The summed E-state index contributed by atoms with van der Waals surface area (Å²) < 4.78 is 26.5. The van der Waals surface area contributed by atoms with Crippen LogP contribution in [0, 0.1) is 33.1 Å². The van der Waals surface area contributed by atoms with Crippen LogP contribution in [0.1, 0.15) is 5.56 Å². The molecule has 0 aliphatic carbocycles. The van der Waals surface area contributed by atoms with E-state index < -0.39 is 22.2 Å². The summed E-state index contributed by atoms with van der Waals surface area (Å²) in [6, 6.07) is 8.93. The molecule has 1 N–H and O–H groups in total. The maximum absolute atomic E-state index is 13.5. The summed E-state index contributed by atoms with van der Waals surface area (Å²) in [7, 11) is 0. The van der Waals surface area contributed by atoms with E-state index in [1.807, 2.05) is 0 Å². The second kappa shape index (κ2) is 5.32. The van der Waals surface area contributed by atoms with E-state index in [-0.39, 0.29) is 16.9 Å². The Kier molecular flexibility index (Phi) is 3.57. The minimum absolute atomic E-state index is 0.111. The van der Waals surface area contributed by atoms with Gasteiger partial charge in [0.25, 0.3) is 5.69 Å². The molecule has 0 aliphatic rings. The van der Waals surface area contributed by atoms with Gasteiger partial charge in [0, 0.05) is 11.8 Å². The number of hydrogen-bond acceptors (Lipinski definition) is 4. The Morgan fingerprint density at radius 2 is 2.00 bits per heavy atom. The first-order valence-corrected chi connectivity index (χ1v) is 5.42. The van der Waals surface area contributed by atoms with Crippen LogP contribution in [0.4, 0.5) is 25.8 Å². The molecule has 2 rings (SSSR count). The van der Waals surface area contributed by atoms with Crippen LogP contribution in [-0.4, -0.2) is 4.92 Å². The van der Waals surface area contributed by atoms with Gasteiger partial charge >= 0.3 is 0 Å². The van der Waals surface area contributed by atoms with E-state index in [9.17, 15) is 18.9 Å². The SMILES string of the molecule is N#Cc1ccc(Nc2cccc(F)c2F)cc1[N+](=O)[O-]. The predicted octanol–water partition coefficient (Wildman–Crippen LogP) is 3.49. The molecule has 5 nitrogen and oxygen atoms in total. The van der Waals surface area contributed by atoms with E-state index >= 15 is 0 Å². The average Bonchev–Trinajstić information content (AvgIpc) is 2.43. The lowest BCUT2D eigenvalue weighted by Gasteiger charge is -2.08. The molecule has 20 heavy (non-hydrogen) atoms. The molecule has 0 fully saturated rings. The maximum atomic E-state index is 13.5. The molecule has 7 heteroatoms. The molecule has 0 spiro atoms. The highest BCUT2D eigenvalue weighted by Crippen LogP contribution is 2.26. The Labute approximate surface area is 112 Å². The second-order valence-electron chi connectivity index (χ2n) is 3.83. The van der Waals surface area contributed by atoms with Crippen molar-refractivity contribution in [1.29, 1.82) is 5.26 Å². The molecular formula is C13H7F2N3O2. The first-order chi connectivity index (χ1) is 9.52. The minimum Gasteiger partial charge on any atom is -0.353 e. The Hall–Kier alpha value is -3.01.